The van der Waals surface area contributed by atoms with Crippen LogP contribution in [-0.2, 0) is 0 Å². The molecule has 0 amide bonds. The molecule has 0 aliphatic carbocycles. The van der Waals surface area contributed by atoms with Gasteiger partial charge >= 0.3 is 0 Å². The molecule has 1 aromatic rings. The first-order valence-corrected chi connectivity index (χ1v) is 9.21. The van der Waals surface area contributed by atoms with Gasteiger partial charge in [-0.2, -0.15) is 0 Å². The second-order valence-corrected chi connectivity index (χ2v) is 5.50. The molecule has 0 aliphatic rings. The van der Waals surface area contributed by atoms with Crippen LogP contribution < -0.4 is 0 Å². The van der Waals surface area contributed by atoms with Gasteiger partial charge in [-0.1, -0.05) is 76.1 Å². The number of rotatable bonds is 6. The van der Waals surface area contributed by atoms with E-state index in [2.05, 4.69) is 63.3 Å². The fourth-order valence-corrected chi connectivity index (χ4v) is 2.43. The van der Waals surface area contributed by atoms with Crippen molar-refractivity contribution in [3.05, 3.63) is 53.6 Å². The summed E-state index contributed by atoms with van der Waals surface area (Å²) in [5.41, 5.74) is 2.90. The molecule has 0 bridgehead atoms. The summed E-state index contributed by atoms with van der Waals surface area (Å²) in [5.74, 6) is 1.17. The highest BCUT2D eigenvalue weighted by Crippen LogP contribution is 2.20. The minimum absolute atomic E-state index is 1.15. The summed E-state index contributed by atoms with van der Waals surface area (Å²) in [7, 11) is 0. The summed E-state index contributed by atoms with van der Waals surface area (Å²) in [4.78, 5) is 1.37. The van der Waals surface area contributed by atoms with Gasteiger partial charge in [-0.15, -0.1) is 11.8 Å². The van der Waals surface area contributed by atoms with E-state index >= 15 is 0 Å². The molecule has 0 atom stereocenters. The summed E-state index contributed by atoms with van der Waals surface area (Å²) in [6.45, 7) is 14.5. The van der Waals surface area contributed by atoms with E-state index in [4.69, 9.17) is 0 Å². The molecule has 0 spiro atoms. The molecule has 0 heterocycles. The number of hydrogen-bond acceptors (Lipinski definition) is 1. The predicted octanol–water partition coefficient (Wildman–Crippen LogP) is 7.52. The zero-order valence-electron chi connectivity index (χ0n) is 15.1. The fraction of sp³-hybridized carbons (Fsp3) is 0.500. The van der Waals surface area contributed by atoms with Crippen molar-refractivity contribution in [3.63, 3.8) is 0 Å². The van der Waals surface area contributed by atoms with E-state index in [0.717, 1.165) is 6.42 Å². The number of allylic oxidation sites excluding steroid dienone is 4. The minimum Gasteiger partial charge on any atom is -0.126 e. The number of benzene rings is 1. The number of hydrogen-bond donors (Lipinski definition) is 0. The van der Waals surface area contributed by atoms with Crippen LogP contribution in [0.2, 0.25) is 0 Å². The van der Waals surface area contributed by atoms with Gasteiger partial charge in [-0.25, -0.2) is 0 Å². The molecule has 1 heteroatoms. The highest BCUT2D eigenvalue weighted by molar-refractivity contribution is 7.99. The molecule has 0 saturated heterocycles. The molecule has 21 heavy (non-hydrogen) atoms. The van der Waals surface area contributed by atoms with Gasteiger partial charge in [0.1, 0.15) is 0 Å². The summed E-state index contributed by atoms with van der Waals surface area (Å²) in [6, 6.07) is 10.6. The first-order valence-electron chi connectivity index (χ1n) is 8.23. The molecule has 0 saturated carbocycles. The van der Waals surface area contributed by atoms with Crippen molar-refractivity contribution >= 4 is 11.8 Å². The monoisotopic (exact) mass is 306 g/mol. The van der Waals surface area contributed by atoms with Crippen LogP contribution in [0.15, 0.2) is 58.5 Å². The minimum atomic E-state index is 1.15. The topological polar surface area (TPSA) is 0 Å². The Kier molecular flexibility index (Phi) is 18.2. The molecular weight excluding hydrogens is 272 g/mol. The van der Waals surface area contributed by atoms with Crippen molar-refractivity contribution in [3.8, 4) is 0 Å². The van der Waals surface area contributed by atoms with Crippen LogP contribution >= 0.6 is 11.8 Å². The van der Waals surface area contributed by atoms with Gasteiger partial charge in [0.15, 0.2) is 0 Å². The third-order valence-corrected chi connectivity index (χ3v) is 3.56. The van der Waals surface area contributed by atoms with Crippen molar-refractivity contribution in [1.29, 1.82) is 0 Å². The molecule has 1 rings (SSSR count). The Labute approximate surface area is 137 Å². The van der Waals surface area contributed by atoms with Crippen LogP contribution in [0.25, 0.3) is 0 Å². The van der Waals surface area contributed by atoms with Crippen molar-refractivity contribution in [2.45, 2.75) is 66.2 Å². The molecule has 120 valence electrons. The van der Waals surface area contributed by atoms with Crippen LogP contribution in [0.4, 0.5) is 0 Å². The highest BCUT2D eigenvalue weighted by Gasteiger charge is 1.96. The molecule has 0 radical (unpaired) electrons. The van der Waals surface area contributed by atoms with Gasteiger partial charge in [-0.05, 0) is 38.8 Å². The lowest BCUT2D eigenvalue weighted by Gasteiger charge is -2.04. The largest absolute Gasteiger partial charge is 0.126 e. The third kappa shape index (κ3) is 13.8. The smallest absolute Gasteiger partial charge is 0.00720 e. The highest BCUT2D eigenvalue weighted by atomic mass is 32.2. The normalized spacial score (nSPS) is 9.76. The average molecular weight is 307 g/mol. The van der Waals surface area contributed by atoms with E-state index in [1.165, 1.54) is 28.2 Å². The van der Waals surface area contributed by atoms with Crippen molar-refractivity contribution < 1.29 is 0 Å². The van der Waals surface area contributed by atoms with Gasteiger partial charge in [0.25, 0.3) is 0 Å². The van der Waals surface area contributed by atoms with Crippen LogP contribution in [0.3, 0.4) is 0 Å². The maximum atomic E-state index is 2.28. The fourth-order valence-electron chi connectivity index (χ4n) is 1.48. The van der Waals surface area contributed by atoms with E-state index in [0.29, 0.717) is 0 Å². The van der Waals surface area contributed by atoms with E-state index in [-0.39, 0.29) is 0 Å². The van der Waals surface area contributed by atoms with Crippen LogP contribution in [0.1, 0.15) is 61.3 Å². The van der Waals surface area contributed by atoms with Gasteiger partial charge in [0, 0.05) is 10.6 Å². The zero-order chi connectivity index (χ0) is 16.5. The molecule has 0 aliphatic heterocycles. The third-order valence-electron chi connectivity index (χ3n) is 2.54. The lowest BCUT2D eigenvalue weighted by Crippen LogP contribution is -1.85. The maximum absolute atomic E-state index is 2.28. The quantitative estimate of drug-likeness (QED) is 0.387. The van der Waals surface area contributed by atoms with Crippen molar-refractivity contribution in [2.24, 2.45) is 0 Å². The van der Waals surface area contributed by atoms with Gasteiger partial charge in [-0.3, -0.25) is 0 Å². The second-order valence-electron chi connectivity index (χ2n) is 4.33. The first kappa shape index (κ1) is 22.3. The van der Waals surface area contributed by atoms with Gasteiger partial charge in [0.2, 0.25) is 0 Å². The molecule has 0 fully saturated rings. The molecule has 0 nitrogen and oxygen atoms in total. The summed E-state index contributed by atoms with van der Waals surface area (Å²) >= 11 is 1.94. The Hall–Kier alpha value is -0.950. The Morgan fingerprint density at radius 3 is 2.00 bits per heavy atom. The summed E-state index contributed by atoms with van der Waals surface area (Å²) in [5, 5.41) is 0. The second kappa shape index (κ2) is 17.1. The van der Waals surface area contributed by atoms with Crippen LogP contribution in [-0.4, -0.2) is 5.75 Å². The molecule has 0 aromatic heterocycles. The molecule has 1 aromatic carbocycles. The maximum Gasteiger partial charge on any atom is 0.00720 e. The zero-order valence-corrected chi connectivity index (χ0v) is 15.9. The van der Waals surface area contributed by atoms with E-state index in [1.54, 1.807) is 0 Å². The Morgan fingerprint density at radius 1 is 0.952 bits per heavy atom. The van der Waals surface area contributed by atoms with Crippen LogP contribution in [0, 0.1) is 0 Å². The summed E-state index contributed by atoms with van der Waals surface area (Å²) in [6.07, 6.45) is 6.83. The predicted molar refractivity (Wildman–Crippen MR) is 102 cm³/mol. The lowest BCUT2D eigenvalue weighted by atomic mass is 10.1. The average Bonchev–Trinajstić information content (AvgIpc) is 2.55. The Morgan fingerprint density at radius 2 is 1.52 bits per heavy atom. The van der Waals surface area contributed by atoms with Gasteiger partial charge < -0.3 is 0 Å². The standard InChI is InChI=1S/C16H22S.2C2H6/c1-4-15(11-10-14(2)3)12-13-17-16-8-6-5-7-9-16;2*1-2/h5-11H,4,12-13H2,1-3H3;2*1-2H3/b15-11+;;. The molecule has 0 unspecified atom stereocenters. The van der Waals surface area contributed by atoms with Crippen molar-refractivity contribution in [2.75, 3.05) is 5.75 Å². The Bertz CT molecular complexity index is 370. The first-order chi connectivity index (χ1) is 10.2. The molecular formula is C20H34S. The SMILES string of the molecule is CC.CC.CC/C(=C\C=C(C)C)CCSc1ccccc1. The van der Waals surface area contributed by atoms with E-state index < -0.39 is 0 Å². The lowest BCUT2D eigenvalue weighted by molar-refractivity contribution is 0.985. The van der Waals surface area contributed by atoms with E-state index in [9.17, 15) is 0 Å². The molecule has 0 N–H and O–H groups in total. The van der Waals surface area contributed by atoms with Crippen molar-refractivity contribution in [1.82, 2.24) is 0 Å². The van der Waals surface area contributed by atoms with Gasteiger partial charge in [0.05, 0.1) is 0 Å². The van der Waals surface area contributed by atoms with E-state index in [1.807, 2.05) is 39.5 Å². The van der Waals surface area contributed by atoms with Crippen LogP contribution in [0.5, 0.6) is 0 Å². The summed E-state index contributed by atoms with van der Waals surface area (Å²) < 4.78 is 0. The Balaban J connectivity index is 0. The number of thioether (sulfide) groups is 1.